The molecule has 2 atom stereocenters. The SMILES string of the molecule is CCC1CN(C(=O)Cc2ccc3c(c2)CCCC3)CCC1N.Cl. The number of piperidine rings is 1. The van der Waals surface area contributed by atoms with E-state index in [2.05, 4.69) is 25.1 Å². The molecule has 1 aliphatic carbocycles. The molecular formula is C19H29ClN2O. The van der Waals surface area contributed by atoms with Crippen molar-refractivity contribution in [3.05, 3.63) is 34.9 Å². The maximum absolute atomic E-state index is 12.6. The van der Waals surface area contributed by atoms with Crippen molar-refractivity contribution >= 4 is 18.3 Å². The van der Waals surface area contributed by atoms with Gasteiger partial charge >= 0.3 is 0 Å². The van der Waals surface area contributed by atoms with Gasteiger partial charge in [0.15, 0.2) is 0 Å². The number of hydrogen-bond acceptors (Lipinski definition) is 2. The highest BCUT2D eigenvalue weighted by molar-refractivity contribution is 5.85. The highest BCUT2D eigenvalue weighted by Gasteiger charge is 2.28. The molecule has 128 valence electrons. The number of likely N-dealkylation sites (tertiary alicyclic amines) is 1. The quantitative estimate of drug-likeness (QED) is 0.921. The summed E-state index contributed by atoms with van der Waals surface area (Å²) in [5.41, 5.74) is 10.3. The lowest BCUT2D eigenvalue weighted by molar-refractivity contribution is -0.132. The molecule has 2 unspecified atom stereocenters. The van der Waals surface area contributed by atoms with E-state index >= 15 is 0 Å². The third-order valence-electron chi connectivity index (χ3n) is 5.44. The topological polar surface area (TPSA) is 46.3 Å². The minimum atomic E-state index is 0. The molecule has 1 saturated heterocycles. The molecule has 4 heteroatoms. The summed E-state index contributed by atoms with van der Waals surface area (Å²) in [6.07, 6.45) is 7.50. The van der Waals surface area contributed by atoms with Gasteiger partial charge in [-0.05, 0) is 54.7 Å². The van der Waals surface area contributed by atoms with Gasteiger partial charge in [-0.15, -0.1) is 12.4 Å². The Labute approximate surface area is 146 Å². The van der Waals surface area contributed by atoms with Crippen LogP contribution < -0.4 is 5.73 Å². The first-order valence-corrected chi connectivity index (χ1v) is 8.81. The van der Waals surface area contributed by atoms with Crippen LogP contribution in [0.4, 0.5) is 0 Å². The molecule has 0 spiro atoms. The Balaban J connectivity index is 0.00000192. The Morgan fingerprint density at radius 2 is 2.00 bits per heavy atom. The molecule has 0 aromatic heterocycles. The van der Waals surface area contributed by atoms with Crippen molar-refractivity contribution in [2.24, 2.45) is 11.7 Å². The molecule has 2 aliphatic rings. The van der Waals surface area contributed by atoms with Crippen LogP contribution in [0, 0.1) is 5.92 Å². The monoisotopic (exact) mass is 336 g/mol. The molecule has 2 N–H and O–H groups in total. The lowest BCUT2D eigenvalue weighted by atomic mass is 9.89. The molecule has 0 bridgehead atoms. The molecule has 3 rings (SSSR count). The van der Waals surface area contributed by atoms with Crippen molar-refractivity contribution in [2.45, 2.75) is 57.9 Å². The molecule has 3 nitrogen and oxygen atoms in total. The van der Waals surface area contributed by atoms with E-state index in [1.54, 1.807) is 0 Å². The molecule has 1 aliphatic heterocycles. The third kappa shape index (κ3) is 4.27. The molecule has 1 fully saturated rings. The normalized spacial score (nSPS) is 23.8. The molecule has 1 aromatic rings. The molecule has 1 heterocycles. The van der Waals surface area contributed by atoms with Crippen molar-refractivity contribution < 1.29 is 4.79 Å². The van der Waals surface area contributed by atoms with E-state index < -0.39 is 0 Å². The number of carbonyl (C=O) groups excluding carboxylic acids is 1. The second-order valence-corrected chi connectivity index (χ2v) is 6.95. The second-order valence-electron chi connectivity index (χ2n) is 6.95. The Hall–Kier alpha value is -1.06. The van der Waals surface area contributed by atoms with Gasteiger partial charge in [0.1, 0.15) is 0 Å². The van der Waals surface area contributed by atoms with E-state index in [0.717, 1.165) is 25.9 Å². The molecule has 1 aromatic carbocycles. The molecule has 0 radical (unpaired) electrons. The fourth-order valence-corrected chi connectivity index (χ4v) is 3.89. The van der Waals surface area contributed by atoms with Gasteiger partial charge in [0.2, 0.25) is 5.91 Å². The minimum Gasteiger partial charge on any atom is -0.342 e. The predicted molar refractivity (Wildman–Crippen MR) is 97.0 cm³/mol. The number of rotatable bonds is 3. The standard InChI is InChI=1S/C19H28N2O.ClH/c1-2-15-13-21(10-9-18(15)20)19(22)12-14-7-8-16-5-3-4-6-17(16)11-14;/h7-8,11,15,18H,2-6,9-10,12-13,20H2,1H3;1H. The van der Waals surface area contributed by atoms with Gasteiger partial charge in [-0.2, -0.15) is 0 Å². The van der Waals surface area contributed by atoms with Crippen molar-refractivity contribution in [1.29, 1.82) is 0 Å². The van der Waals surface area contributed by atoms with Crippen LogP contribution in [-0.4, -0.2) is 29.9 Å². The third-order valence-corrected chi connectivity index (χ3v) is 5.44. The summed E-state index contributed by atoms with van der Waals surface area (Å²) in [6.45, 7) is 3.82. The Kier molecular flexibility index (Phi) is 6.49. The number of amides is 1. The Morgan fingerprint density at radius 3 is 2.74 bits per heavy atom. The lowest BCUT2D eigenvalue weighted by Gasteiger charge is -2.36. The van der Waals surface area contributed by atoms with E-state index in [1.165, 1.54) is 42.4 Å². The fraction of sp³-hybridized carbons (Fsp3) is 0.632. The first-order valence-electron chi connectivity index (χ1n) is 8.81. The largest absolute Gasteiger partial charge is 0.342 e. The van der Waals surface area contributed by atoms with Crippen molar-refractivity contribution in [3.63, 3.8) is 0 Å². The van der Waals surface area contributed by atoms with Crippen LogP contribution in [-0.2, 0) is 24.1 Å². The van der Waals surface area contributed by atoms with E-state index in [0.29, 0.717) is 12.3 Å². The second kappa shape index (κ2) is 8.16. The molecular weight excluding hydrogens is 308 g/mol. The van der Waals surface area contributed by atoms with Crippen molar-refractivity contribution in [2.75, 3.05) is 13.1 Å². The van der Waals surface area contributed by atoms with Crippen molar-refractivity contribution in [1.82, 2.24) is 4.90 Å². The van der Waals surface area contributed by atoms with E-state index in [4.69, 9.17) is 5.73 Å². The van der Waals surface area contributed by atoms with Crippen molar-refractivity contribution in [3.8, 4) is 0 Å². The van der Waals surface area contributed by atoms with Crippen LogP contribution in [0.15, 0.2) is 18.2 Å². The van der Waals surface area contributed by atoms with E-state index in [1.807, 2.05) is 4.90 Å². The predicted octanol–water partition coefficient (Wildman–Crippen LogP) is 3.12. The summed E-state index contributed by atoms with van der Waals surface area (Å²) < 4.78 is 0. The van der Waals surface area contributed by atoms with Crippen LogP contribution in [0.3, 0.4) is 0 Å². The summed E-state index contributed by atoms with van der Waals surface area (Å²) in [7, 11) is 0. The Bertz CT molecular complexity index is 546. The first-order chi connectivity index (χ1) is 10.7. The van der Waals surface area contributed by atoms with Crippen LogP contribution in [0.1, 0.15) is 49.3 Å². The van der Waals surface area contributed by atoms with E-state index in [-0.39, 0.29) is 24.4 Å². The van der Waals surface area contributed by atoms with Crippen LogP contribution in [0.5, 0.6) is 0 Å². The number of fused-ring (bicyclic) bond motifs is 1. The number of aryl methyl sites for hydroxylation is 2. The average Bonchev–Trinajstić information content (AvgIpc) is 2.55. The highest BCUT2D eigenvalue weighted by atomic mass is 35.5. The highest BCUT2D eigenvalue weighted by Crippen LogP contribution is 2.23. The number of benzene rings is 1. The maximum atomic E-state index is 12.6. The van der Waals surface area contributed by atoms with Crippen LogP contribution in [0.25, 0.3) is 0 Å². The summed E-state index contributed by atoms with van der Waals surface area (Å²) in [4.78, 5) is 14.6. The van der Waals surface area contributed by atoms with Crippen LogP contribution >= 0.6 is 12.4 Å². The van der Waals surface area contributed by atoms with Gasteiger partial charge < -0.3 is 10.6 Å². The van der Waals surface area contributed by atoms with Crippen LogP contribution in [0.2, 0.25) is 0 Å². The average molecular weight is 337 g/mol. The number of nitrogens with zero attached hydrogens (tertiary/aromatic N) is 1. The number of nitrogens with two attached hydrogens (primary N) is 1. The molecule has 23 heavy (non-hydrogen) atoms. The number of hydrogen-bond donors (Lipinski definition) is 1. The van der Waals surface area contributed by atoms with Gasteiger partial charge in [-0.25, -0.2) is 0 Å². The fourth-order valence-electron chi connectivity index (χ4n) is 3.89. The zero-order valence-electron chi connectivity index (χ0n) is 14.1. The van der Waals surface area contributed by atoms with Gasteiger partial charge in [-0.3, -0.25) is 4.79 Å². The summed E-state index contributed by atoms with van der Waals surface area (Å²) in [5, 5.41) is 0. The zero-order chi connectivity index (χ0) is 15.5. The Morgan fingerprint density at radius 1 is 1.26 bits per heavy atom. The zero-order valence-corrected chi connectivity index (χ0v) is 14.9. The first kappa shape index (κ1) is 18.3. The lowest BCUT2D eigenvalue weighted by Crippen LogP contribution is -2.49. The summed E-state index contributed by atoms with van der Waals surface area (Å²) in [6, 6.07) is 6.91. The minimum absolute atomic E-state index is 0. The van der Waals surface area contributed by atoms with Gasteiger partial charge in [0.05, 0.1) is 6.42 Å². The number of carbonyl (C=O) groups is 1. The summed E-state index contributed by atoms with van der Waals surface area (Å²) in [5.74, 6) is 0.724. The van der Waals surface area contributed by atoms with Gasteiger partial charge in [-0.1, -0.05) is 31.5 Å². The molecule has 1 amide bonds. The molecule has 0 saturated carbocycles. The van der Waals surface area contributed by atoms with Gasteiger partial charge in [0.25, 0.3) is 0 Å². The van der Waals surface area contributed by atoms with Gasteiger partial charge in [0, 0.05) is 19.1 Å². The summed E-state index contributed by atoms with van der Waals surface area (Å²) >= 11 is 0. The number of halogens is 1. The smallest absolute Gasteiger partial charge is 0.227 e. The maximum Gasteiger partial charge on any atom is 0.227 e. The van der Waals surface area contributed by atoms with E-state index in [9.17, 15) is 4.79 Å².